The van der Waals surface area contributed by atoms with Gasteiger partial charge >= 0.3 is 0 Å². The average molecular weight is 615 g/mol. The van der Waals surface area contributed by atoms with E-state index in [1.54, 1.807) is 0 Å². The van der Waals surface area contributed by atoms with Crippen molar-refractivity contribution in [3.05, 3.63) is 157 Å². The van der Waals surface area contributed by atoms with E-state index in [2.05, 4.69) is 169 Å². The molecule has 0 radical (unpaired) electrons. The van der Waals surface area contributed by atoms with Crippen LogP contribution >= 0.6 is 0 Å². The van der Waals surface area contributed by atoms with Gasteiger partial charge in [0.25, 0.3) is 0 Å². The first-order chi connectivity index (χ1) is 23.6. The summed E-state index contributed by atoms with van der Waals surface area (Å²) in [6.45, 7) is 4.71. The quantitative estimate of drug-likeness (QED) is 0.190. The summed E-state index contributed by atoms with van der Waals surface area (Å²) >= 11 is 0. The van der Waals surface area contributed by atoms with Gasteiger partial charge in [0.05, 0.1) is 22.1 Å². The topological polar surface area (TPSA) is 23.0 Å². The van der Waals surface area contributed by atoms with Crippen LogP contribution in [0, 0.1) is 0 Å². The molecule has 0 bridgehead atoms. The number of hydrogen-bond acceptors (Lipinski definition) is 1. The van der Waals surface area contributed by atoms with Crippen molar-refractivity contribution in [1.29, 1.82) is 0 Å². The fourth-order valence-electron chi connectivity index (χ4n) is 8.83. The fraction of sp³-hybridized carbons (Fsp3) is 0.0667. The molecule has 11 rings (SSSR count). The number of hydrogen-bond donors (Lipinski definition) is 0. The molecule has 48 heavy (non-hydrogen) atoms. The van der Waals surface area contributed by atoms with Gasteiger partial charge in [-0.25, -0.2) is 0 Å². The summed E-state index contributed by atoms with van der Waals surface area (Å²) in [5.41, 5.74) is 14.1. The van der Waals surface area contributed by atoms with Crippen molar-refractivity contribution in [2.75, 3.05) is 0 Å². The lowest BCUT2D eigenvalue weighted by Gasteiger charge is -2.22. The maximum absolute atomic E-state index is 6.98. The Balaban J connectivity index is 1.40. The number of para-hydroxylation sites is 4. The summed E-state index contributed by atoms with van der Waals surface area (Å²) in [7, 11) is 0. The van der Waals surface area contributed by atoms with Gasteiger partial charge in [0.15, 0.2) is 5.58 Å². The van der Waals surface area contributed by atoms with E-state index in [1.807, 2.05) is 0 Å². The first-order valence-corrected chi connectivity index (χ1v) is 16.7. The van der Waals surface area contributed by atoms with E-state index in [-0.39, 0.29) is 5.41 Å². The van der Waals surface area contributed by atoms with E-state index in [9.17, 15) is 0 Å². The van der Waals surface area contributed by atoms with E-state index < -0.39 is 0 Å². The molecular weight excluding hydrogens is 585 g/mol. The third-order valence-electron chi connectivity index (χ3n) is 10.9. The molecule has 0 amide bonds. The average Bonchev–Trinajstić information content (AvgIpc) is 3.84. The molecule has 3 heteroatoms. The number of furan rings is 1. The van der Waals surface area contributed by atoms with Crippen LogP contribution in [-0.4, -0.2) is 9.13 Å². The Morgan fingerprint density at radius 2 is 1.06 bits per heavy atom. The van der Waals surface area contributed by atoms with Gasteiger partial charge in [-0.05, 0) is 64.7 Å². The van der Waals surface area contributed by atoms with Gasteiger partial charge in [0, 0.05) is 49.1 Å². The summed E-state index contributed by atoms with van der Waals surface area (Å²) in [4.78, 5) is 0. The lowest BCUT2D eigenvalue weighted by molar-refractivity contribution is 0.660. The zero-order chi connectivity index (χ0) is 31.7. The molecule has 0 spiro atoms. The van der Waals surface area contributed by atoms with Gasteiger partial charge < -0.3 is 13.6 Å². The highest BCUT2D eigenvalue weighted by Crippen LogP contribution is 2.52. The molecule has 0 saturated heterocycles. The second-order valence-electron chi connectivity index (χ2n) is 13.7. The highest BCUT2D eigenvalue weighted by molar-refractivity contribution is 6.39. The molecule has 10 aromatic rings. The predicted molar refractivity (Wildman–Crippen MR) is 200 cm³/mol. The van der Waals surface area contributed by atoms with Crippen molar-refractivity contribution >= 4 is 65.6 Å². The van der Waals surface area contributed by atoms with Crippen molar-refractivity contribution in [3.63, 3.8) is 0 Å². The highest BCUT2D eigenvalue weighted by Gasteiger charge is 2.36. The molecule has 226 valence electrons. The summed E-state index contributed by atoms with van der Waals surface area (Å²) < 4.78 is 11.9. The molecule has 7 aromatic carbocycles. The number of aromatic nitrogens is 2. The second kappa shape index (κ2) is 9.05. The number of benzene rings is 7. The zero-order valence-electron chi connectivity index (χ0n) is 26.7. The lowest BCUT2D eigenvalue weighted by Crippen LogP contribution is -2.15. The summed E-state index contributed by atoms with van der Waals surface area (Å²) in [6, 6.07) is 52.9. The molecule has 0 saturated carbocycles. The number of nitrogens with zero attached hydrogens (tertiary/aromatic N) is 2. The zero-order valence-corrected chi connectivity index (χ0v) is 26.7. The monoisotopic (exact) mass is 614 g/mol. The van der Waals surface area contributed by atoms with Crippen LogP contribution < -0.4 is 0 Å². The van der Waals surface area contributed by atoms with Crippen molar-refractivity contribution in [3.8, 4) is 22.5 Å². The van der Waals surface area contributed by atoms with Crippen molar-refractivity contribution in [2.45, 2.75) is 19.3 Å². The smallest absolute Gasteiger partial charge is 0.160 e. The van der Waals surface area contributed by atoms with Crippen LogP contribution in [0.25, 0.3) is 88.1 Å². The maximum Gasteiger partial charge on any atom is 0.160 e. The van der Waals surface area contributed by atoms with Crippen LogP contribution in [-0.2, 0) is 5.41 Å². The molecule has 3 nitrogen and oxygen atoms in total. The highest BCUT2D eigenvalue weighted by atomic mass is 16.3. The Hall–Kier alpha value is -6.06. The number of fused-ring (bicyclic) bond motifs is 15. The van der Waals surface area contributed by atoms with E-state index >= 15 is 0 Å². The van der Waals surface area contributed by atoms with Gasteiger partial charge in [-0.1, -0.05) is 117 Å². The summed E-state index contributed by atoms with van der Waals surface area (Å²) in [5.74, 6) is 0. The minimum atomic E-state index is -0.109. The van der Waals surface area contributed by atoms with Crippen molar-refractivity contribution in [1.82, 2.24) is 9.13 Å². The molecule has 0 aliphatic heterocycles. The van der Waals surface area contributed by atoms with Crippen LogP contribution in [0.2, 0.25) is 0 Å². The second-order valence-corrected chi connectivity index (χ2v) is 13.7. The molecule has 0 fully saturated rings. The Morgan fingerprint density at radius 1 is 0.458 bits per heavy atom. The minimum absolute atomic E-state index is 0.109. The maximum atomic E-state index is 6.98. The van der Waals surface area contributed by atoms with E-state index in [0.29, 0.717) is 0 Å². The molecule has 1 aliphatic carbocycles. The first kappa shape index (κ1) is 26.1. The van der Waals surface area contributed by atoms with Crippen molar-refractivity contribution in [2.24, 2.45) is 0 Å². The van der Waals surface area contributed by atoms with Gasteiger partial charge in [0.1, 0.15) is 5.58 Å². The summed E-state index contributed by atoms with van der Waals surface area (Å²) in [5, 5.41) is 7.17. The van der Waals surface area contributed by atoms with Crippen LogP contribution in [0.4, 0.5) is 0 Å². The Bertz CT molecular complexity index is 2970. The van der Waals surface area contributed by atoms with E-state index in [1.165, 1.54) is 60.3 Å². The Kier molecular flexibility index (Phi) is 4.91. The predicted octanol–water partition coefficient (Wildman–Crippen LogP) is 12.1. The molecule has 3 heterocycles. The van der Waals surface area contributed by atoms with Gasteiger partial charge in [0.2, 0.25) is 0 Å². The summed E-state index contributed by atoms with van der Waals surface area (Å²) in [6.07, 6.45) is 0. The van der Waals surface area contributed by atoms with Gasteiger partial charge in [-0.3, -0.25) is 0 Å². The van der Waals surface area contributed by atoms with Gasteiger partial charge in [-0.2, -0.15) is 0 Å². The van der Waals surface area contributed by atoms with Crippen LogP contribution in [0.3, 0.4) is 0 Å². The van der Waals surface area contributed by atoms with Gasteiger partial charge in [-0.15, -0.1) is 0 Å². The third-order valence-corrected chi connectivity index (χ3v) is 10.9. The van der Waals surface area contributed by atoms with E-state index in [4.69, 9.17) is 4.42 Å². The largest absolute Gasteiger partial charge is 0.454 e. The third kappa shape index (κ3) is 3.14. The molecular formula is C45H30N2O. The standard InChI is InChI=1S/C45H30N2O/c1-45(2)34-20-10-6-16-29(34)30-25-24-28(26-35(30)45)47-37-22-12-8-18-32(37)41-42-39(40-33-19-9-13-23-38(33)48-44(40)43(41)47)31-17-7-11-21-36(31)46(42)27-14-4-3-5-15-27/h3-26H,1-2H3. The van der Waals surface area contributed by atoms with Crippen molar-refractivity contribution < 1.29 is 4.42 Å². The normalized spacial score (nSPS) is 13.8. The molecule has 0 atom stereocenters. The van der Waals surface area contributed by atoms with E-state index in [0.717, 1.165) is 38.8 Å². The SMILES string of the molecule is CC1(C)c2ccccc2-c2ccc(-n3c4ccccc4c4c3c3oc5ccccc5c3c3c5ccccc5n(-c5ccccc5)c34)cc21. The molecule has 3 aromatic heterocycles. The first-order valence-electron chi connectivity index (χ1n) is 16.7. The molecule has 0 N–H and O–H groups in total. The van der Waals surface area contributed by atoms with Crippen LogP contribution in [0.1, 0.15) is 25.0 Å². The lowest BCUT2D eigenvalue weighted by atomic mass is 9.82. The Labute approximate surface area is 276 Å². The molecule has 0 unspecified atom stereocenters. The fourth-order valence-corrected chi connectivity index (χ4v) is 8.83. The van der Waals surface area contributed by atoms with Crippen LogP contribution in [0.15, 0.2) is 150 Å². The minimum Gasteiger partial charge on any atom is -0.454 e. The molecule has 1 aliphatic rings. The van der Waals surface area contributed by atoms with Crippen LogP contribution in [0.5, 0.6) is 0 Å². The Morgan fingerprint density at radius 3 is 1.85 bits per heavy atom. The number of rotatable bonds is 2.